The van der Waals surface area contributed by atoms with Crippen LogP contribution in [-0.4, -0.2) is 43.9 Å². The molecular weight excluding hydrogens is 330 g/mol. The molecule has 0 aliphatic carbocycles. The number of hydrogen-bond acceptors (Lipinski definition) is 8. The highest BCUT2D eigenvalue weighted by atomic mass is 16.6. The number of hydrogen-bond donors (Lipinski definition) is 1. The summed E-state index contributed by atoms with van der Waals surface area (Å²) < 4.78 is 14.4. The summed E-state index contributed by atoms with van der Waals surface area (Å²) in [5.74, 6) is -1.66. The van der Waals surface area contributed by atoms with Crippen molar-refractivity contribution in [2.75, 3.05) is 14.2 Å². The van der Waals surface area contributed by atoms with Crippen LogP contribution < -0.4 is 5.32 Å². The molecule has 0 heterocycles. The average molecular weight is 353 g/mol. The number of alkyl carbamates (subject to hydrolysis) is 1. The Labute approximate surface area is 146 Å². The van der Waals surface area contributed by atoms with E-state index in [9.17, 15) is 14.4 Å². The van der Waals surface area contributed by atoms with Gasteiger partial charge in [-0.3, -0.25) is 4.79 Å². The zero-order valence-electron chi connectivity index (χ0n) is 15.0. The maximum Gasteiger partial charge on any atom is 0.408 e. The lowest BCUT2D eigenvalue weighted by atomic mass is 9.76. The molecule has 1 N–H and O–H groups in total. The fourth-order valence-corrected chi connectivity index (χ4v) is 2.13. The quantitative estimate of drug-likeness (QED) is 0.535. The van der Waals surface area contributed by atoms with Crippen molar-refractivity contribution in [3.63, 3.8) is 0 Å². The van der Waals surface area contributed by atoms with Crippen molar-refractivity contribution in [1.82, 2.24) is 5.32 Å². The van der Waals surface area contributed by atoms with Crippen molar-refractivity contribution in [2.45, 2.75) is 51.7 Å². The van der Waals surface area contributed by atoms with Gasteiger partial charge in [0.25, 0.3) is 0 Å². The molecule has 1 atom stereocenters. The molecule has 0 aliphatic rings. The summed E-state index contributed by atoms with van der Waals surface area (Å²) in [6.45, 7) is 4.93. The van der Waals surface area contributed by atoms with E-state index in [1.54, 1.807) is 20.8 Å². The van der Waals surface area contributed by atoms with E-state index >= 15 is 0 Å². The Kier molecular flexibility index (Phi) is 8.41. The Hall–Kier alpha value is -2.81. The van der Waals surface area contributed by atoms with Crippen LogP contribution in [0.4, 0.5) is 4.79 Å². The molecule has 9 nitrogen and oxygen atoms in total. The zero-order chi connectivity index (χ0) is 19.7. The second-order valence-electron chi connectivity index (χ2n) is 6.37. The van der Waals surface area contributed by atoms with Gasteiger partial charge in [0, 0.05) is 0 Å². The van der Waals surface area contributed by atoms with Crippen LogP contribution in [0.2, 0.25) is 0 Å². The monoisotopic (exact) mass is 353 g/mol. The average Bonchev–Trinajstić information content (AvgIpc) is 2.51. The number of methoxy groups -OCH3 is 2. The molecule has 0 saturated carbocycles. The van der Waals surface area contributed by atoms with E-state index in [2.05, 4.69) is 14.8 Å². The van der Waals surface area contributed by atoms with Gasteiger partial charge >= 0.3 is 18.0 Å². The number of nitrogens with one attached hydrogen (secondary N) is 1. The third kappa shape index (κ3) is 7.08. The molecule has 0 aliphatic heterocycles. The molecule has 0 aromatic heterocycles. The summed E-state index contributed by atoms with van der Waals surface area (Å²) in [4.78, 5) is 36.1. The summed E-state index contributed by atoms with van der Waals surface area (Å²) in [7, 11) is 2.22. The third-order valence-electron chi connectivity index (χ3n) is 3.22. The second kappa shape index (κ2) is 9.48. The molecule has 0 spiro atoms. The molecule has 0 aromatic carbocycles. The summed E-state index contributed by atoms with van der Waals surface area (Å²) in [6.07, 6.45) is -1.96. The van der Waals surface area contributed by atoms with Crippen molar-refractivity contribution < 1.29 is 28.6 Å². The van der Waals surface area contributed by atoms with Gasteiger partial charge in [-0.05, 0) is 27.2 Å². The normalized spacial score (nSPS) is 12.1. The van der Waals surface area contributed by atoms with Crippen LogP contribution in [0.3, 0.4) is 0 Å². The molecule has 1 amide bonds. The fourth-order valence-electron chi connectivity index (χ4n) is 2.13. The molecule has 0 bridgehead atoms. The summed E-state index contributed by atoms with van der Waals surface area (Å²) in [6, 6.07) is 2.34. The van der Waals surface area contributed by atoms with Crippen LogP contribution in [0.15, 0.2) is 0 Å². The SMILES string of the molecule is COC(=O)[C@H](CC(CC#N)(CC#N)C(=O)OC)NC(=O)OC(C)(C)C. The molecular formula is C16H23N3O6. The van der Waals surface area contributed by atoms with Gasteiger partial charge in [-0.1, -0.05) is 0 Å². The van der Waals surface area contributed by atoms with E-state index in [-0.39, 0.29) is 19.3 Å². The zero-order valence-corrected chi connectivity index (χ0v) is 15.0. The van der Waals surface area contributed by atoms with E-state index in [4.69, 9.17) is 15.3 Å². The fraction of sp³-hybridized carbons (Fsp3) is 0.688. The first-order chi connectivity index (χ1) is 11.5. The van der Waals surface area contributed by atoms with Crippen LogP contribution in [-0.2, 0) is 23.8 Å². The molecule has 0 saturated heterocycles. The Balaban J connectivity index is 5.60. The lowest BCUT2D eigenvalue weighted by Crippen LogP contribution is -2.48. The van der Waals surface area contributed by atoms with Crippen LogP contribution in [0, 0.1) is 28.1 Å². The highest BCUT2D eigenvalue weighted by Crippen LogP contribution is 2.34. The molecule has 0 fully saturated rings. The van der Waals surface area contributed by atoms with E-state index in [1.807, 2.05) is 12.1 Å². The Bertz CT molecular complexity index is 566. The number of nitriles is 2. The van der Waals surface area contributed by atoms with Gasteiger partial charge in [0.15, 0.2) is 0 Å². The molecule has 0 unspecified atom stereocenters. The van der Waals surface area contributed by atoms with Crippen molar-refractivity contribution >= 4 is 18.0 Å². The standard InChI is InChI=1S/C16H23N3O6/c1-15(2,3)25-14(22)19-11(12(20)23-4)10-16(6-8-17,7-9-18)13(21)24-5/h11H,6-7,10H2,1-5H3,(H,19,22)/t11-/m0/s1. The minimum atomic E-state index is -1.58. The van der Waals surface area contributed by atoms with E-state index in [0.29, 0.717) is 0 Å². The number of carbonyl (C=O) groups is 3. The number of amides is 1. The lowest BCUT2D eigenvalue weighted by molar-refractivity contribution is -0.155. The Morgan fingerprint density at radius 3 is 1.92 bits per heavy atom. The van der Waals surface area contributed by atoms with Crippen molar-refractivity contribution in [3.05, 3.63) is 0 Å². The molecule has 0 aromatic rings. The molecule has 0 rings (SSSR count). The molecule has 0 radical (unpaired) electrons. The predicted octanol–water partition coefficient (Wildman–Crippen LogP) is 1.43. The molecule has 138 valence electrons. The van der Waals surface area contributed by atoms with Gasteiger partial charge in [0.2, 0.25) is 0 Å². The van der Waals surface area contributed by atoms with Crippen LogP contribution in [0.25, 0.3) is 0 Å². The first-order valence-corrected chi connectivity index (χ1v) is 7.45. The van der Waals surface area contributed by atoms with Crippen LogP contribution in [0.5, 0.6) is 0 Å². The second-order valence-corrected chi connectivity index (χ2v) is 6.37. The van der Waals surface area contributed by atoms with E-state index < -0.39 is 35.1 Å². The molecule has 25 heavy (non-hydrogen) atoms. The minimum Gasteiger partial charge on any atom is -0.469 e. The van der Waals surface area contributed by atoms with Gasteiger partial charge in [-0.2, -0.15) is 10.5 Å². The number of ether oxygens (including phenoxy) is 3. The number of rotatable bonds is 7. The third-order valence-corrected chi connectivity index (χ3v) is 3.22. The number of carbonyl (C=O) groups excluding carboxylic acids is 3. The Morgan fingerprint density at radius 2 is 1.56 bits per heavy atom. The molecule has 9 heteroatoms. The first-order valence-electron chi connectivity index (χ1n) is 7.45. The van der Waals surface area contributed by atoms with Crippen LogP contribution in [0.1, 0.15) is 40.0 Å². The number of esters is 2. The van der Waals surface area contributed by atoms with Gasteiger partial charge in [-0.15, -0.1) is 0 Å². The predicted molar refractivity (Wildman–Crippen MR) is 84.7 cm³/mol. The van der Waals surface area contributed by atoms with Crippen molar-refractivity contribution in [3.8, 4) is 12.1 Å². The smallest absolute Gasteiger partial charge is 0.408 e. The number of nitrogens with zero attached hydrogens (tertiary/aromatic N) is 2. The lowest BCUT2D eigenvalue weighted by Gasteiger charge is -2.30. The first kappa shape index (κ1) is 22.2. The van der Waals surface area contributed by atoms with Crippen molar-refractivity contribution in [1.29, 1.82) is 10.5 Å². The van der Waals surface area contributed by atoms with Gasteiger partial charge in [0.05, 0.1) is 44.6 Å². The topological polar surface area (TPSA) is 139 Å². The maximum atomic E-state index is 12.2. The van der Waals surface area contributed by atoms with Gasteiger partial charge < -0.3 is 19.5 Å². The summed E-state index contributed by atoms with van der Waals surface area (Å²) in [5.41, 5.74) is -2.38. The highest BCUT2D eigenvalue weighted by Gasteiger charge is 2.44. The highest BCUT2D eigenvalue weighted by molar-refractivity contribution is 5.84. The van der Waals surface area contributed by atoms with Crippen molar-refractivity contribution in [2.24, 2.45) is 5.41 Å². The largest absolute Gasteiger partial charge is 0.469 e. The minimum absolute atomic E-state index is 0.341. The maximum absolute atomic E-state index is 12.2. The summed E-state index contributed by atoms with van der Waals surface area (Å²) >= 11 is 0. The van der Waals surface area contributed by atoms with Crippen LogP contribution >= 0.6 is 0 Å². The summed E-state index contributed by atoms with van der Waals surface area (Å²) in [5, 5.41) is 20.4. The van der Waals surface area contributed by atoms with E-state index in [1.165, 1.54) is 0 Å². The Morgan fingerprint density at radius 1 is 1.04 bits per heavy atom. The van der Waals surface area contributed by atoms with E-state index in [0.717, 1.165) is 14.2 Å². The van der Waals surface area contributed by atoms with Gasteiger partial charge in [0.1, 0.15) is 11.6 Å². The van der Waals surface area contributed by atoms with Gasteiger partial charge in [-0.25, -0.2) is 9.59 Å².